The molecule has 2 unspecified atom stereocenters. The van der Waals surface area contributed by atoms with Gasteiger partial charge in [0, 0.05) is 45.0 Å². The average molecular weight is 515 g/mol. The zero-order chi connectivity index (χ0) is 27.3. The summed E-state index contributed by atoms with van der Waals surface area (Å²) in [4.78, 5) is 53.4. The Kier molecular flexibility index (Phi) is 13.0. The molecule has 0 aromatic heterocycles. The quantitative estimate of drug-likeness (QED) is 0.336. The monoisotopic (exact) mass is 515 g/mol. The molecule has 0 radical (unpaired) electrons. The van der Waals surface area contributed by atoms with Gasteiger partial charge in [0.05, 0.1) is 12.1 Å². The summed E-state index contributed by atoms with van der Waals surface area (Å²) in [6.45, 7) is 7.52. The summed E-state index contributed by atoms with van der Waals surface area (Å²) < 4.78 is 18.6. The summed E-state index contributed by atoms with van der Waals surface area (Å²) in [7, 11) is 0. The van der Waals surface area contributed by atoms with Crippen molar-refractivity contribution in [3.8, 4) is 0 Å². The summed E-state index contributed by atoms with van der Waals surface area (Å²) in [5, 5.41) is 32.4. The highest BCUT2D eigenvalue weighted by Gasteiger charge is 2.27. The van der Waals surface area contributed by atoms with Gasteiger partial charge in [0.15, 0.2) is 0 Å². The largest absolute Gasteiger partial charge is 0.473 e. The van der Waals surface area contributed by atoms with Crippen LogP contribution < -0.4 is 5.32 Å². The standard InChI is InChI=1S/C18H26FN3O2.2C2H2O4/c1-14(18(23)20-16-6-4-15(19)5-7-16)22-10-8-21(9-11-22)13-17-3-2-12-24-17;2*3-1(4)2(5)6/h4-7,14,17H,2-3,8-13H2,1H3,(H,20,23);2*(H,3,4)(H,5,6). The van der Waals surface area contributed by atoms with Crippen LogP contribution >= 0.6 is 0 Å². The van der Waals surface area contributed by atoms with Crippen LogP contribution in [0.5, 0.6) is 0 Å². The van der Waals surface area contributed by atoms with Gasteiger partial charge in [0.1, 0.15) is 5.82 Å². The van der Waals surface area contributed by atoms with E-state index in [2.05, 4.69) is 15.1 Å². The van der Waals surface area contributed by atoms with E-state index in [4.69, 9.17) is 44.3 Å². The molecule has 13 nitrogen and oxygen atoms in total. The number of rotatable bonds is 5. The number of aliphatic carboxylic acids is 4. The zero-order valence-corrected chi connectivity index (χ0v) is 19.6. The minimum absolute atomic E-state index is 0.0471. The number of carbonyl (C=O) groups excluding carboxylic acids is 1. The van der Waals surface area contributed by atoms with Gasteiger partial charge in [0.25, 0.3) is 0 Å². The third-order valence-corrected chi connectivity index (χ3v) is 5.30. The van der Waals surface area contributed by atoms with Crippen molar-refractivity contribution in [3.63, 3.8) is 0 Å². The molecule has 14 heteroatoms. The summed E-state index contributed by atoms with van der Waals surface area (Å²) in [6.07, 6.45) is 2.72. The number of hydrogen-bond donors (Lipinski definition) is 5. The summed E-state index contributed by atoms with van der Waals surface area (Å²) in [5.41, 5.74) is 0.630. The van der Waals surface area contributed by atoms with E-state index in [0.717, 1.165) is 45.8 Å². The first-order valence-electron chi connectivity index (χ1n) is 11.0. The van der Waals surface area contributed by atoms with Gasteiger partial charge in [-0.05, 0) is 44.0 Å². The molecule has 0 saturated carbocycles. The van der Waals surface area contributed by atoms with Gasteiger partial charge >= 0.3 is 23.9 Å². The lowest BCUT2D eigenvalue weighted by Crippen LogP contribution is -2.53. The van der Waals surface area contributed by atoms with E-state index >= 15 is 0 Å². The van der Waals surface area contributed by atoms with E-state index in [1.165, 1.54) is 18.6 Å². The molecule has 2 aliphatic heterocycles. The number of amides is 1. The normalized spacial score (nSPS) is 18.4. The molecule has 2 aliphatic rings. The van der Waals surface area contributed by atoms with Gasteiger partial charge in [-0.15, -0.1) is 0 Å². The van der Waals surface area contributed by atoms with Crippen LogP contribution in [0.25, 0.3) is 0 Å². The molecule has 5 N–H and O–H groups in total. The molecule has 2 atom stereocenters. The van der Waals surface area contributed by atoms with Crippen molar-refractivity contribution in [2.24, 2.45) is 0 Å². The number of carboxylic acids is 4. The molecule has 0 bridgehead atoms. The zero-order valence-electron chi connectivity index (χ0n) is 19.6. The SMILES string of the molecule is CC(C(=O)Nc1ccc(F)cc1)N1CCN(CC2CCCO2)CC1.O=C(O)C(=O)O.O=C(O)C(=O)O. The second-order valence-electron chi connectivity index (χ2n) is 7.86. The van der Waals surface area contributed by atoms with Crippen molar-refractivity contribution in [1.82, 2.24) is 9.80 Å². The number of halogens is 1. The van der Waals surface area contributed by atoms with Crippen LogP contribution in [0.15, 0.2) is 24.3 Å². The summed E-state index contributed by atoms with van der Waals surface area (Å²) in [5.74, 6) is -7.65. The molecule has 2 saturated heterocycles. The number of hydrogen-bond acceptors (Lipinski definition) is 8. The number of piperazine rings is 1. The van der Waals surface area contributed by atoms with Crippen LogP contribution in [0.3, 0.4) is 0 Å². The summed E-state index contributed by atoms with van der Waals surface area (Å²) in [6, 6.07) is 5.67. The van der Waals surface area contributed by atoms with Crippen molar-refractivity contribution in [3.05, 3.63) is 30.1 Å². The minimum Gasteiger partial charge on any atom is -0.473 e. The van der Waals surface area contributed by atoms with Crippen LogP contribution in [0.1, 0.15) is 19.8 Å². The van der Waals surface area contributed by atoms with Crippen LogP contribution in [-0.4, -0.2) is 111 Å². The van der Waals surface area contributed by atoms with Crippen molar-refractivity contribution in [2.45, 2.75) is 31.9 Å². The number of nitrogens with one attached hydrogen (secondary N) is 1. The van der Waals surface area contributed by atoms with Crippen molar-refractivity contribution in [2.75, 3.05) is 44.6 Å². The van der Waals surface area contributed by atoms with Crippen LogP contribution in [-0.2, 0) is 28.7 Å². The first-order valence-corrected chi connectivity index (χ1v) is 11.0. The maximum atomic E-state index is 12.9. The maximum absolute atomic E-state index is 12.9. The molecule has 36 heavy (non-hydrogen) atoms. The maximum Gasteiger partial charge on any atom is 0.414 e. The van der Waals surface area contributed by atoms with Gasteiger partial charge in [-0.2, -0.15) is 0 Å². The molecule has 200 valence electrons. The minimum atomic E-state index is -1.82. The fourth-order valence-electron chi connectivity index (χ4n) is 3.36. The Morgan fingerprint density at radius 1 is 0.944 bits per heavy atom. The lowest BCUT2D eigenvalue weighted by atomic mass is 10.2. The van der Waals surface area contributed by atoms with E-state index in [0.29, 0.717) is 11.8 Å². The van der Waals surface area contributed by atoms with Crippen LogP contribution in [0.4, 0.5) is 10.1 Å². The first-order chi connectivity index (χ1) is 16.9. The number of nitrogens with zero attached hydrogens (tertiary/aromatic N) is 2. The molecule has 0 aliphatic carbocycles. The second-order valence-corrected chi connectivity index (χ2v) is 7.86. The second kappa shape index (κ2) is 15.4. The Morgan fingerprint density at radius 3 is 1.86 bits per heavy atom. The predicted molar refractivity (Wildman–Crippen MR) is 122 cm³/mol. The van der Waals surface area contributed by atoms with E-state index in [-0.39, 0.29) is 17.8 Å². The molecule has 3 rings (SSSR count). The molecule has 2 fully saturated rings. The lowest BCUT2D eigenvalue weighted by Gasteiger charge is -2.38. The fraction of sp³-hybridized carbons (Fsp3) is 0.500. The van der Waals surface area contributed by atoms with E-state index in [1.54, 1.807) is 12.1 Å². The van der Waals surface area contributed by atoms with Gasteiger partial charge in [-0.25, -0.2) is 23.6 Å². The lowest BCUT2D eigenvalue weighted by molar-refractivity contribution is -0.159. The first kappa shape index (κ1) is 30.4. The van der Waals surface area contributed by atoms with Crippen molar-refractivity contribution < 1.29 is 53.5 Å². The Balaban J connectivity index is 0.000000450. The van der Waals surface area contributed by atoms with Crippen molar-refractivity contribution in [1.29, 1.82) is 0 Å². The van der Waals surface area contributed by atoms with Crippen molar-refractivity contribution >= 4 is 35.5 Å². The molecule has 0 spiro atoms. The van der Waals surface area contributed by atoms with Gasteiger partial charge in [-0.1, -0.05) is 0 Å². The van der Waals surface area contributed by atoms with Crippen LogP contribution in [0.2, 0.25) is 0 Å². The highest BCUT2D eigenvalue weighted by molar-refractivity contribution is 6.27. The van der Waals surface area contributed by atoms with Crippen LogP contribution in [0, 0.1) is 5.82 Å². The topological polar surface area (TPSA) is 194 Å². The molecular formula is C22H30FN3O10. The highest BCUT2D eigenvalue weighted by atomic mass is 19.1. The molecule has 1 amide bonds. The number of anilines is 1. The van der Waals surface area contributed by atoms with E-state index in [9.17, 15) is 9.18 Å². The molecular weight excluding hydrogens is 485 g/mol. The Labute approximate surface area is 206 Å². The predicted octanol–water partition coefficient (Wildman–Crippen LogP) is 0.261. The Hall–Kier alpha value is -3.62. The number of carboxylic acid groups (broad SMARTS) is 4. The molecule has 1 aromatic carbocycles. The molecule has 2 heterocycles. The molecule has 1 aromatic rings. The smallest absolute Gasteiger partial charge is 0.414 e. The summed E-state index contributed by atoms with van der Waals surface area (Å²) >= 11 is 0. The number of ether oxygens (including phenoxy) is 1. The average Bonchev–Trinajstić information content (AvgIpc) is 3.34. The van der Waals surface area contributed by atoms with E-state index < -0.39 is 23.9 Å². The highest BCUT2D eigenvalue weighted by Crippen LogP contribution is 2.16. The van der Waals surface area contributed by atoms with Gasteiger partial charge in [-0.3, -0.25) is 14.6 Å². The Bertz CT molecular complexity index is 850. The van der Waals surface area contributed by atoms with Gasteiger partial charge < -0.3 is 30.5 Å². The van der Waals surface area contributed by atoms with Gasteiger partial charge in [0.2, 0.25) is 5.91 Å². The van der Waals surface area contributed by atoms with E-state index in [1.807, 2.05) is 6.92 Å². The third-order valence-electron chi connectivity index (χ3n) is 5.30. The Morgan fingerprint density at radius 2 is 1.44 bits per heavy atom. The number of carbonyl (C=O) groups is 5. The fourth-order valence-corrected chi connectivity index (χ4v) is 3.36. The number of benzene rings is 1. The third kappa shape index (κ3) is 11.7.